The van der Waals surface area contributed by atoms with E-state index in [-0.39, 0.29) is 17.9 Å². The summed E-state index contributed by atoms with van der Waals surface area (Å²) in [6, 6.07) is 0.148. The number of likely N-dealkylation sites (N-methyl/N-ethyl adjacent to an activating group) is 1. The van der Waals surface area contributed by atoms with Gasteiger partial charge in [-0.25, -0.2) is 0 Å². The SMILES string of the molecule is CN1C(=O)CC(NC2CCSCC2)C1=O. The Morgan fingerprint density at radius 3 is 2.53 bits per heavy atom. The summed E-state index contributed by atoms with van der Waals surface area (Å²) in [5.41, 5.74) is 0. The number of carbonyl (C=O) groups excluding carboxylic acids is 2. The molecule has 2 fully saturated rings. The van der Waals surface area contributed by atoms with Gasteiger partial charge in [0.25, 0.3) is 0 Å². The average Bonchev–Trinajstić information content (AvgIpc) is 2.48. The van der Waals surface area contributed by atoms with E-state index in [4.69, 9.17) is 0 Å². The summed E-state index contributed by atoms with van der Waals surface area (Å²) in [4.78, 5) is 24.2. The average molecular weight is 228 g/mol. The Hall–Kier alpha value is -0.550. The Kier molecular flexibility index (Phi) is 3.31. The molecule has 0 bridgehead atoms. The monoisotopic (exact) mass is 228 g/mol. The molecule has 1 N–H and O–H groups in total. The maximum atomic E-state index is 11.6. The van der Waals surface area contributed by atoms with Crippen LogP contribution in [0, 0.1) is 0 Å². The van der Waals surface area contributed by atoms with E-state index in [9.17, 15) is 9.59 Å². The lowest BCUT2D eigenvalue weighted by molar-refractivity contribution is -0.137. The maximum Gasteiger partial charge on any atom is 0.246 e. The van der Waals surface area contributed by atoms with Crippen molar-refractivity contribution in [2.75, 3.05) is 18.6 Å². The number of thioether (sulfide) groups is 1. The zero-order valence-electron chi connectivity index (χ0n) is 8.86. The van der Waals surface area contributed by atoms with Crippen molar-refractivity contribution in [1.82, 2.24) is 10.2 Å². The van der Waals surface area contributed by atoms with Gasteiger partial charge in [-0.1, -0.05) is 0 Å². The van der Waals surface area contributed by atoms with Crippen LogP contribution in [-0.4, -0.2) is 47.4 Å². The van der Waals surface area contributed by atoms with E-state index < -0.39 is 0 Å². The molecular formula is C10H16N2O2S. The lowest BCUT2D eigenvalue weighted by Gasteiger charge is -2.24. The van der Waals surface area contributed by atoms with Crippen molar-refractivity contribution in [3.05, 3.63) is 0 Å². The Labute approximate surface area is 93.8 Å². The Balaban J connectivity index is 1.89. The van der Waals surface area contributed by atoms with Gasteiger partial charge in [-0.3, -0.25) is 14.5 Å². The lowest BCUT2D eigenvalue weighted by atomic mass is 10.1. The number of imide groups is 1. The molecule has 2 heterocycles. The normalized spacial score (nSPS) is 28.9. The van der Waals surface area contributed by atoms with Gasteiger partial charge < -0.3 is 5.32 Å². The first kappa shape index (κ1) is 11.0. The molecule has 2 aliphatic rings. The van der Waals surface area contributed by atoms with Crippen LogP contribution < -0.4 is 5.32 Å². The fraction of sp³-hybridized carbons (Fsp3) is 0.800. The number of hydrogen-bond donors (Lipinski definition) is 1. The van der Waals surface area contributed by atoms with Gasteiger partial charge in [-0.2, -0.15) is 11.8 Å². The van der Waals surface area contributed by atoms with E-state index in [0.717, 1.165) is 24.3 Å². The zero-order chi connectivity index (χ0) is 10.8. The third kappa shape index (κ3) is 2.34. The number of nitrogens with one attached hydrogen (secondary N) is 1. The van der Waals surface area contributed by atoms with Gasteiger partial charge in [0, 0.05) is 13.1 Å². The molecule has 15 heavy (non-hydrogen) atoms. The van der Waals surface area contributed by atoms with Crippen molar-refractivity contribution in [1.29, 1.82) is 0 Å². The molecule has 4 nitrogen and oxygen atoms in total. The van der Waals surface area contributed by atoms with Gasteiger partial charge in [0.2, 0.25) is 11.8 Å². The number of nitrogens with zero attached hydrogens (tertiary/aromatic N) is 1. The van der Waals surface area contributed by atoms with Crippen LogP contribution in [0.1, 0.15) is 19.3 Å². The van der Waals surface area contributed by atoms with Crippen molar-refractivity contribution in [2.45, 2.75) is 31.3 Å². The molecule has 84 valence electrons. The van der Waals surface area contributed by atoms with Crippen LogP contribution in [0.25, 0.3) is 0 Å². The molecule has 2 rings (SSSR count). The second kappa shape index (κ2) is 4.53. The topological polar surface area (TPSA) is 49.4 Å². The van der Waals surface area contributed by atoms with Crippen LogP contribution in [0.4, 0.5) is 0 Å². The predicted octanol–water partition coefficient (Wildman–Crippen LogP) is 0.229. The summed E-state index contributed by atoms with van der Waals surface area (Å²) in [6.45, 7) is 0. The summed E-state index contributed by atoms with van der Waals surface area (Å²) in [6.07, 6.45) is 2.54. The van der Waals surface area contributed by atoms with Crippen LogP contribution >= 0.6 is 11.8 Å². The van der Waals surface area contributed by atoms with Crippen LogP contribution in [0.3, 0.4) is 0 Å². The fourth-order valence-corrected chi connectivity index (χ4v) is 3.14. The summed E-state index contributed by atoms with van der Waals surface area (Å²) in [5.74, 6) is 2.17. The van der Waals surface area contributed by atoms with Crippen LogP contribution in [0.2, 0.25) is 0 Å². The molecule has 0 aliphatic carbocycles. The summed E-state index contributed by atoms with van der Waals surface area (Å²) in [7, 11) is 1.56. The first-order chi connectivity index (χ1) is 7.18. The number of likely N-dealkylation sites (tertiary alicyclic amines) is 1. The summed E-state index contributed by atoms with van der Waals surface area (Å²) >= 11 is 1.96. The fourth-order valence-electron chi connectivity index (χ4n) is 2.03. The summed E-state index contributed by atoms with van der Waals surface area (Å²) < 4.78 is 0. The highest BCUT2D eigenvalue weighted by molar-refractivity contribution is 7.99. The van der Waals surface area contributed by atoms with Gasteiger partial charge in [-0.05, 0) is 24.3 Å². The minimum atomic E-state index is -0.268. The van der Waals surface area contributed by atoms with Crippen molar-refractivity contribution >= 4 is 23.6 Å². The second-order valence-electron chi connectivity index (χ2n) is 4.10. The molecular weight excluding hydrogens is 212 g/mol. The number of rotatable bonds is 2. The smallest absolute Gasteiger partial charge is 0.246 e. The Morgan fingerprint density at radius 1 is 1.33 bits per heavy atom. The van der Waals surface area contributed by atoms with E-state index in [0.29, 0.717) is 12.5 Å². The number of carbonyl (C=O) groups is 2. The molecule has 2 saturated heterocycles. The molecule has 0 radical (unpaired) electrons. The Morgan fingerprint density at radius 2 is 2.00 bits per heavy atom. The highest BCUT2D eigenvalue weighted by Crippen LogP contribution is 2.19. The largest absolute Gasteiger partial charge is 0.303 e. The molecule has 0 spiro atoms. The van der Waals surface area contributed by atoms with E-state index in [1.165, 1.54) is 4.90 Å². The molecule has 0 saturated carbocycles. The number of amides is 2. The Bertz CT molecular complexity index is 277. The third-order valence-electron chi connectivity index (χ3n) is 3.04. The van der Waals surface area contributed by atoms with Gasteiger partial charge in [0.1, 0.15) is 0 Å². The highest BCUT2D eigenvalue weighted by atomic mass is 32.2. The zero-order valence-corrected chi connectivity index (χ0v) is 9.68. The van der Waals surface area contributed by atoms with Crippen molar-refractivity contribution < 1.29 is 9.59 Å². The molecule has 0 aromatic carbocycles. The maximum absolute atomic E-state index is 11.6. The minimum Gasteiger partial charge on any atom is -0.303 e. The minimum absolute atomic E-state index is 0.0670. The predicted molar refractivity (Wildman–Crippen MR) is 59.7 cm³/mol. The van der Waals surface area contributed by atoms with E-state index >= 15 is 0 Å². The van der Waals surface area contributed by atoms with Gasteiger partial charge in [0.05, 0.1) is 12.5 Å². The van der Waals surface area contributed by atoms with Crippen LogP contribution in [-0.2, 0) is 9.59 Å². The van der Waals surface area contributed by atoms with Crippen LogP contribution in [0.5, 0.6) is 0 Å². The van der Waals surface area contributed by atoms with Crippen molar-refractivity contribution in [3.8, 4) is 0 Å². The molecule has 0 aromatic heterocycles. The van der Waals surface area contributed by atoms with Crippen molar-refractivity contribution in [3.63, 3.8) is 0 Å². The van der Waals surface area contributed by atoms with E-state index in [1.807, 2.05) is 11.8 Å². The lowest BCUT2D eigenvalue weighted by Crippen LogP contribution is -2.44. The number of hydrogen-bond acceptors (Lipinski definition) is 4. The van der Waals surface area contributed by atoms with E-state index in [1.54, 1.807) is 7.05 Å². The summed E-state index contributed by atoms with van der Waals surface area (Å²) in [5, 5.41) is 3.30. The molecule has 1 atom stereocenters. The highest BCUT2D eigenvalue weighted by Gasteiger charge is 2.37. The molecule has 0 aromatic rings. The molecule has 1 unspecified atom stereocenters. The standard InChI is InChI=1S/C10H16N2O2S/c1-12-9(13)6-8(10(12)14)11-7-2-4-15-5-3-7/h7-8,11H,2-6H2,1H3. The molecule has 5 heteroatoms. The van der Waals surface area contributed by atoms with Gasteiger partial charge >= 0.3 is 0 Å². The van der Waals surface area contributed by atoms with Crippen LogP contribution in [0.15, 0.2) is 0 Å². The van der Waals surface area contributed by atoms with Gasteiger partial charge in [-0.15, -0.1) is 0 Å². The quantitative estimate of drug-likeness (QED) is 0.687. The molecule has 2 aliphatic heterocycles. The molecule has 2 amide bonds. The third-order valence-corrected chi connectivity index (χ3v) is 4.09. The second-order valence-corrected chi connectivity index (χ2v) is 5.33. The first-order valence-electron chi connectivity index (χ1n) is 5.32. The van der Waals surface area contributed by atoms with E-state index in [2.05, 4.69) is 5.32 Å². The van der Waals surface area contributed by atoms with Gasteiger partial charge in [0.15, 0.2) is 0 Å². The first-order valence-corrected chi connectivity index (χ1v) is 6.48. The van der Waals surface area contributed by atoms with Crippen molar-refractivity contribution in [2.24, 2.45) is 0 Å².